The Balaban J connectivity index is 1.69. The summed E-state index contributed by atoms with van der Waals surface area (Å²) in [5.74, 6) is -3.58. The molecule has 0 fully saturated rings. The fourth-order valence-corrected chi connectivity index (χ4v) is 4.46. The number of rotatable bonds is 6. The highest BCUT2D eigenvalue weighted by molar-refractivity contribution is 5.88. The molecule has 5 aromatic rings. The van der Waals surface area contributed by atoms with Gasteiger partial charge in [0.1, 0.15) is 17.5 Å². The molecular weight excluding hydrogens is 511 g/mol. The molecule has 1 atom stereocenters. The number of nitrogen functional groups attached to an aromatic ring is 2. The zero-order valence-corrected chi connectivity index (χ0v) is 20.5. The first-order chi connectivity index (χ1) is 18.6. The SMILES string of the molecule is CC(NC(=O)O)c1c(N)nc(-n2nc(Cc3c(F)ccc(F)c3F)c3cc(-c4ccccc4)ccc32)nc1N. The van der Waals surface area contributed by atoms with Gasteiger partial charge in [0.2, 0.25) is 0 Å². The maximum Gasteiger partial charge on any atom is 0.405 e. The van der Waals surface area contributed by atoms with Crippen LogP contribution in [-0.2, 0) is 6.42 Å². The van der Waals surface area contributed by atoms with Crippen LogP contribution in [0.4, 0.5) is 29.6 Å². The first-order valence-electron chi connectivity index (χ1n) is 11.8. The molecule has 3 aromatic carbocycles. The Kier molecular flexibility index (Phi) is 6.52. The Morgan fingerprint density at radius 3 is 2.31 bits per heavy atom. The van der Waals surface area contributed by atoms with E-state index in [4.69, 9.17) is 16.6 Å². The van der Waals surface area contributed by atoms with Crippen LogP contribution >= 0.6 is 0 Å². The number of aromatic nitrogens is 4. The summed E-state index contributed by atoms with van der Waals surface area (Å²) in [5, 5.41) is 16.3. The Morgan fingerprint density at radius 1 is 0.974 bits per heavy atom. The summed E-state index contributed by atoms with van der Waals surface area (Å²) in [6, 6.07) is 15.6. The smallest absolute Gasteiger partial charge is 0.405 e. The van der Waals surface area contributed by atoms with Crippen molar-refractivity contribution in [2.24, 2.45) is 0 Å². The number of halogens is 3. The highest BCUT2D eigenvalue weighted by Crippen LogP contribution is 2.31. The molecule has 5 rings (SSSR count). The van der Waals surface area contributed by atoms with Gasteiger partial charge in [-0.1, -0.05) is 36.4 Å². The standard InChI is InChI=1S/C27H22F3N7O2/c1-13(33-27(38)39)22-24(31)34-26(35-25(22)32)37-21-10-7-15(14-5-3-2-4-6-14)11-17(21)20(36-37)12-16-18(28)8-9-19(29)23(16)30/h2-11,13,33H,12H2,1H3,(H,38,39)(H4,31,32,34,35). The van der Waals surface area contributed by atoms with Gasteiger partial charge in [0.05, 0.1) is 22.8 Å². The van der Waals surface area contributed by atoms with E-state index < -0.39 is 35.2 Å². The van der Waals surface area contributed by atoms with E-state index in [1.165, 1.54) is 11.6 Å². The monoisotopic (exact) mass is 533 g/mol. The second-order valence-corrected chi connectivity index (χ2v) is 8.83. The van der Waals surface area contributed by atoms with Crippen molar-refractivity contribution >= 4 is 28.6 Å². The summed E-state index contributed by atoms with van der Waals surface area (Å²) in [7, 11) is 0. The molecule has 0 radical (unpaired) electrons. The van der Waals surface area contributed by atoms with Crippen molar-refractivity contribution in [3.05, 3.63) is 94.9 Å². The number of hydrogen-bond acceptors (Lipinski definition) is 6. The van der Waals surface area contributed by atoms with E-state index in [0.717, 1.165) is 23.3 Å². The second kappa shape index (κ2) is 9.97. The number of fused-ring (bicyclic) bond motifs is 1. The first-order valence-corrected chi connectivity index (χ1v) is 11.8. The predicted octanol–water partition coefficient (Wildman–Crippen LogP) is 4.98. The zero-order chi connectivity index (χ0) is 27.8. The van der Waals surface area contributed by atoms with Crippen LogP contribution in [0.1, 0.15) is 29.8 Å². The van der Waals surface area contributed by atoms with E-state index in [-0.39, 0.29) is 35.3 Å². The Morgan fingerprint density at radius 2 is 1.64 bits per heavy atom. The van der Waals surface area contributed by atoms with Gasteiger partial charge in [-0.05, 0) is 42.3 Å². The van der Waals surface area contributed by atoms with Gasteiger partial charge in [-0.2, -0.15) is 19.7 Å². The minimum absolute atomic E-state index is 0.0415. The van der Waals surface area contributed by atoms with Crippen molar-refractivity contribution in [1.82, 2.24) is 25.1 Å². The normalized spacial score (nSPS) is 12.0. The van der Waals surface area contributed by atoms with Crippen molar-refractivity contribution < 1.29 is 23.1 Å². The van der Waals surface area contributed by atoms with E-state index in [1.54, 1.807) is 12.1 Å². The highest BCUT2D eigenvalue weighted by atomic mass is 19.2. The number of nitrogens with zero attached hydrogens (tertiary/aromatic N) is 4. The molecule has 0 bridgehead atoms. The number of carboxylic acid groups (broad SMARTS) is 1. The van der Waals surface area contributed by atoms with Crippen LogP contribution < -0.4 is 16.8 Å². The van der Waals surface area contributed by atoms with Crippen molar-refractivity contribution in [3.63, 3.8) is 0 Å². The zero-order valence-electron chi connectivity index (χ0n) is 20.5. The van der Waals surface area contributed by atoms with Gasteiger partial charge in [-0.15, -0.1) is 0 Å². The summed E-state index contributed by atoms with van der Waals surface area (Å²) in [5.41, 5.74) is 14.4. The van der Waals surface area contributed by atoms with Crippen LogP contribution in [0.25, 0.3) is 28.0 Å². The Hall–Kier alpha value is -5.13. The minimum atomic E-state index is -1.30. The lowest BCUT2D eigenvalue weighted by atomic mass is 10.0. The second-order valence-electron chi connectivity index (χ2n) is 8.83. The summed E-state index contributed by atoms with van der Waals surface area (Å²) in [4.78, 5) is 19.6. The Bertz CT molecular complexity index is 1700. The molecule has 2 aromatic heterocycles. The fourth-order valence-electron chi connectivity index (χ4n) is 4.46. The summed E-state index contributed by atoms with van der Waals surface area (Å²) >= 11 is 0. The van der Waals surface area contributed by atoms with Crippen molar-refractivity contribution in [1.29, 1.82) is 0 Å². The van der Waals surface area contributed by atoms with Crippen LogP contribution in [0.2, 0.25) is 0 Å². The largest absolute Gasteiger partial charge is 0.465 e. The summed E-state index contributed by atoms with van der Waals surface area (Å²) < 4.78 is 44.4. The molecule has 0 saturated heterocycles. The van der Waals surface area contributed by atoms with Crippen molar-refractivity contribution in [2.75, 3.05) is 11.5 Å². The van der Waals surface area contributed by atoms with E-state index in [2.05, 4.69) is 20.4 Å². The van der Waals surface area contributed by atoms with E-state index in [1.807, 2.05) is 36.4 Å². The predicted molar refractivity (Wildman–Crippen MR) is 140 cm³/mol. The molecule has 1 amide bonds. The first kappa shape index (κ1) is 25.5. The number of amides is 1. The molecule has 0 aliphatic heterocycles. The number of benzene rings is 3. The van der Waals surface area contributed by atoms with Gasteiger partial charge in [-0.25, -0.2) is 18.0 Å². The molecule has 0 aliphatic rings. The lowest BCUT2D eigenvalue weighted by Crippen LogP contribution is -2.27. The highest BCUT2D eigenvalue weighted by Gasteiger charge is 2.23. The van der Waals surface area contributed by atoms with Crippen LogP contribution in [0, 0.1) is 17.5 Å². The fraction of sp³-hybridized carbons (Fsp3) is 0.111. The molecule has 0 spiro atoms. The van der Waals surface area contributed by atoms with E-state index in [9.17, 15) is 18.0 Å². The molecule has 198 valence electrons. The third kappa shape index (κ3) is 4.79. The molecule has 0 aliphatic carbocycles. The van der Waals surface area contributed by atoms with Crippen molar-refractivity contribution in [2.45, 2.75) is 19.4 Å². The molecular formula is C27H22F3N7O2. The average Bonchev–Trinajstić information content (AvgIpc) is 3.26. The van der Waals surface area contributed by atoms with Crippen molar-refractivity contribution in [3.8, 4) is 17.1 Å². The van der Waals surface area contributed by atoms with Gasteiger partial charge < -0.3 is 21.9 Å². The average molecular weight is 534 g/mol. The van der Waals surface area contributed by atoms with Gasteiger partial charge in [-0.3, -0.25) is 0 Å². The van der Waals surface area contributed by atoms with Crippen LogP contribution in [0.3, 0.4) is 0 Å². The molecule has 12 heteroatoms. The lowest BCUT2D eigenvalue weighted by molar-refractivity contribution is 0.191. The van der Waals surface area contributed by atoms with Crippen LogP contribution in [0.5, 0.6) is 0 Å². The maximum atomic E-state index is 14.6. The maximum absolute atomic E-state index is 14.6. The molecule has 1 unspecified atom stereocenters. The van der Waals surface area contributed by atoms with E-state index >= 15 is 0 Å². The molecule has 0 saturated carbocycles. The molecule has 39 heavy (non-hydrogen) atoms. The third-order valence-corrected chi connectivity index (χ3v) is 6.30. The van der Waals surface area contributed by atoms with E-state index in [0.29, 0.717) is 10.9 Å². The van der Waals surface area contributed by atoms with Gasteiger partial charge in [0.15, 0.2) is 11.6 Å². The summed E-state index contributed by atoms with van der Waals surface area (Å²) in [6.45, 7) is 1.54. The third-order valence-electron chi connectivity index (χ3n) is 6.30. The number of nitrogens with one attached hydrogen (secondary N) is 1. The van der Waals surface area contributed by atoms with Crippen LogP contribution in [0.15, 0.2) is 60.7 Å². The lowest BCUT2D eigenvalue weighted by Gasteiger charge is -2.16. The minimum Gasteiger partial charge on any atom is -0.465 e. The molecule has 6 N–H and O–H groups in total. The summed E-state index contributed by atoms with van der Waals surface area (Å²) in [6.07, 6.45) is -1.64. The Labute approximate surface area is 219 Å². The number of hydrogen-bond donors (Lipinski definition) is 4. The molecule has 9 nitrogen and oxygen atoms in total. The number of anilines is 2. The number of nitrogens with two attached hydrogens (primary N) is 2. The van der Waals surface area contributed by atoms with Crippen LogP contribution in [-0.4, -0.2) is 30.9 Å². The molecule has 2 heterocycles. The quantitative estimate of drug-likeness (QED) is 0.225. The van der Waals surface area contributed by atoms with Gasteiger partial charge in [0, 0.05) is 17.4 Å². The number of carbonyl (C=O) groups is 1. The van der Waals surface area contributed by atoms with Gasteiger partial charge in [0.25, 0.3) is 5.95 Å². The topological polar surface area (TPSA) is 145 Å². The van der Waals surface area contributed by atoms with Gasteiger partial charge >= 0.3 is 6.09 Å².